The van der Waals surface area contributed by atoms with Crippen molar-refractivity contribution in [3.8, 4) is 0 Å². The molecular weight excluding hydrogens is 853 g/mol. The number of rotatable bonds is 3. The van der Waals surface area contributed by atoms with E-state index in [1.165, 1.54) is 67.6 Å². The van der Waals surface area contributed by atoms with Gasteiger partial charge in [-0.3, -0.25) is 57.5 Å². The van der Waals surface area contributed by atoms with Crippen LogP contribution in [0.4, 0.5) is 0 Å². The zero-order valence-electron chi connectivity index (χ0n) is 39.4. The van der Waals surface area contributed by atoms with Gasteiger partial charge in [-0.25, -0.2) is 0 Å². The molecule has 0 spiro atoms. The van der Waals surface area contributed by atoms with Crippen molar-refractivity contribution in [1.82, 2.24) is 62.1 Å². The second-order valence-electron chi connectivity index (χ2n) is 17.7. The van der Waals surface area contributed by atoms with Crippen molar-refractivity contribution in [2.45, 2.75) is 110 Å². The molecule has 364 valence electrons. The number of nitrogens with one attached hydrogen (secondary N) is 8. The van der Waals surface area contributed by atoms with Gasteiger partial charge in [0, 0.05) is 34.2 Å². The molecule has 0 aromatic carbocycles. The van der Waals surface area contributed by atoms with E-state index in [1.807, 2.05) is 0 Å². The maximum atomic E-state index is 14.4. The van der Waals surface area contributed by atoms with Crippen molar-refractivity contribution in [2.75, 3.05) is 73.5 Å². The Hall–Kier alpha value is -6.36. The minimum Gasteiger partial charge on any atom is -0.347 e. The molecule has 2 rings (SSSR count). The molecule has 12 amide bonds. The Morgan fingerprint density at radius 3 is 1.45 bits per heavy atom. The van der Waals surface area contributed by atoms with E-state index in [0.29, 0.717) is 32.4 Å². The van der Waals surface area contributed by atoms with Gasteiger partial charge >= 0.3 is 0 Å². The van der Waals surface area contributed by atoms with Crippen molar-refractivity contribution in [2.24, 2.45) is 5.92 Å². The lowest BCUT2D eigenvalue weighted by atomic mass is 9.92. The standard InChI is InChI=1S/C41H68N12O12/c1-12-24(2)33-34(61)47-21-30(58)45-19-28(56)43-18-27(55)44-20-29(57)46-23-32(60)49-39(3,4)36(63)51(10)41(7,8)38(65)52(11)40(5,6)37(64)50(9)25(35(62)53-15-13-14-16-53)17-26(54)42-22-31(59)48-33/h24-25,33H,12-23H2,1-11H3,(H,42,54)(H,43,56)(H,44,55)(H,45,58)(H,46,57)(H,47,61)(H,48,59)(H,49,60). The minimum atomic E-state index is -1.68. The highest BCUT2D eigenvalue weighted by Gasteiger charge is 2.49. The molecule has 65 heavy (non-hydrogen) atoms. The molecule has 8 N–H and O–H groups in total. The number of hydrogen-bond acceptors (Lipinski definition) is 12. The van der Waals surface area contributed by atoms with E-state index in [4.69, 9.17) is 0 Å². The Labute approximate surface area is 379 Å². The summed E-state index contributed by atoms with van der Waals surface area (Å²) >= 11 is 0. The second-order valence-corrected chi connectivity index (χ2v) is 17.7. The lowest BCUT2D eigenvalue weighted by Gasteiger charge is -2.45. The van der Waals surface area contributed by atoms with Crippen LogP contribution in [-0.2, 0) is 57.5 Å². The van der Waals surface area contributed by atoms with Crippen LogP contribution in [0.2, 0.25) is 0 Å². The number of likely N-dealkylation sites (tertiary alicyclic amines) is 1. The van der Waals surface area contributed by atoms with Crippen LogP contribution in [-0.4, -0.2) is 193 Å². The van der Waals surface area contributed by atoms with Crippen LogP contribution in [0.3, 0.4) is 0 Å². The summed E-state index contributed by atoms with van der Waals surface area (Å²) in [7, 11) is 4.01. The smallest absolute Gasteiger partial charge is 0.248 e. The number of carbonyl (C=O) groups is 12. The highest BCUT2D eigenvalue weighted by molar-refractivity contribution is 6.01. The fourth-order valence-electron chi connectivity index (χ4n) is 6.78. The lowest BCUT2D eigenvalue weighted by molar-refractivity contribution is -0.162. The third kappa shape index (κ3) is 15.4. The van der Waals surface area contributed by atoms with Gasteiger partial charge in [0.15, 0.2) is 0 Å². The van der Waals surface area contributed by atoms with Gasteiger partial charge in [-0.05, 0) is 60.3 Å². The van der Waals surface area contributed by atoms with E-state index in [-0.39, 0.29) is 0 Å². The largest absolute Gasteiger partial charge is 0.347 e. The van der Waals surface area contributed by atoms with Crippen LogP contribution in [0.25, 0.3) is 0 Å². The highest BCUT2D eigenvalue weighted by Crippen LogP contribution is 2.26. The van der Waals surface area contributed by atoms with E-state index in [2.05, 4.69) is 42.5 Å². The van der Waals surface area contributed by atoms with Crippen molar-refractivity contribution in [3.05, 3.63) is 0 Å². The lowest BCUT2D eigenvalue weighted by Crippen LogP contribution is -2.67. The summed E-state index contributed by atoms with van der Waals surface area (Å²) in [5.41, 5.74) is -4.94. The van der Waals surface area contributed by atoms with Crippen molar-refractivity contribution >= 4 is 70.9 Å². The first-order valence-corrected chi connectivity index (χ1v) is 21.4. The van der Waals surface area contributed by atoms with Gasteiger partial charge in [0.25, 0.3) is 0 Å². The predicted molar refractivity (Wildman–Crippen MR) is 232 cm³/mol. The van der Waals surface area contributed by atoms with Crippen LogP contribution in [0.5, 0.6) is 0 Å². The van der Waals surface area contributed by atoms with Crippen molar-refractivity contribution < 1.29 is 57.5 Å². The fourth-order valence-corrected chi connectivity index (χ4v) is 6.78. The third-order valence-corrected chi connectivity index (χ3v) is 11.7. The molecule has 0 aliphatic carbocycles. The first-order valence-electron chi connectivity index (χ1n) is 21.4. The number of carbonyl (C=O) groups excluding carboxylic acids is 12. The van der Waals surface area contributed by atoms with Crippen molar-refractivity contribution in [3.63, 3.8) is 0 Å². The SMILES string of the molecule is CCC(C)C1NC(=O)CNC(=O)CC(C(=O)N2CCCC2)N(C)C(=O)C(C)(C)N(C)C(=O)C(C)(C)N(C)C(=O)C(C)(C)NC(=O)CNC(=O)CNC(=O)CNC(=O)CNC(=O)CNC1=O. The molecule has 2 aliphatic rings. The molecule has 0 aromatic heterocycles. The first kappa shape index (κ1) is 54.8. The molecule has 0 aromatic rings. The Balaban J connectivity index is 2.43. The number of likely N-dealkylation sites (N-methyl/N-ethyl adjacent to an activating group) is 3. The summed E-state index contributed by atoms with van der Waals surface area (Å²) in [5.74, 6) is -9.29. The summed E-state index contributed by atoms with van der Waals surface area (Å²) in [5, 5.41) is 19.0. The topological polar surface area (TPSA) is 314 Å². The minimum absolute atomic E-state index is 0.388. The molecule has 2 heterocycles. The summed E-state index contributed by atoms with van der Waals surface area (Å²) in [6, 6.07) is -2.51. The molecule has 0 saturated carbocycles. The Kier molecular flexibility index (Phi) is 19.8. The Morgan fingerprint density at radius 2 is 0.969 bits per heavy atom. The predicted octanol–water partition coefficient (Wildman–Crippen LogP) is -4.56. The van der Waals surface area contributed by atoms with Crippen LogP contribution >= 0.6 is 0 Å². The van der Waals surface area contributed by atoms with Gasteiger partial charge in [0.2, 0.25) is 70.9 Å². The normalized spacial score (nSPS) is 24.3. The maximum absolute atomic E-state index is 14.4. The zero-order valence-corrected chi connectivity index (χ0v) is 39.4. The molecule has 24 heteroatoms. The van der Waals surface area contributed by atoms with Crippen LogP contribution in [0.15, 0.2) is 0 Å². The maximum Gasteiger partial charge on any atom is 0.248 e. The quantitative estimate of drug-likeness (QED) is 0.133. The van der Waals surface area contributed by atoms with Crippen LogP contribution in [0, 0.1) is 5.92 Å². The van der Waals surface area contributed by atoms with Gasteiger partial charge < -0.3 is 62.1 Å². The third-order valence-electron chi connectivity index (χ3n) is 11.7. The highest BCUT2D eigenvalue weighted by atomic mass is 16.2. The monoisotopic (exact) mass is 921 g/mol. The molecule has 0 bridgehead atoms. The average Bonchev–Trinajstić information content (AvgIpc) is 3.81. The molecule has 2 aliphatic heterocycles. The molecule has 24 nitrogen and oxygen atoms in total. The van der Waals surface area contributed by atoms with Crippen molar-refractivity contribution in [1.29, 1.82) is 0 Å². The molecule has 3 atom stereocenters. The fraction of sp³-hybridized carbons (Fsp3) is 0.707. The molecule has 2 fully saturated rings. The zero-order chi connectivity index (χ0) is 49.6. The van der Waals surface area contributed by atoms with E-state index in [0.717, 1.165) is 14.7 Å². The summed E-state index contributed by atoms with van der Waals surface area (Å²) in [6.07, 6.45) is 1.27. The average molecular weight is 921 g/mol. The van der Waals surface area contributed by atoms with Gasteiger partial charge in [-0.1, -0.05) is 20.3 Å². The molecule has 3 unspecified atom stereocenters. The van der Waals surface area contributed by atoms with E-state index in [1.54, 1.807) is 13.8 Å². The van der Waals surface area contributed by atoms with E-state index >= 15 is 0 Å². The van der Waals surface area contributed by atoms with Gasteiger partial charge in [0.1, 0.15) is 28.7 Å². The van der Waals surface area contributed by atoms with Gasteiger partial charge in [-0.2, -0.15) is 0 Å². The van der Waals surface area contributed by atoms with Gasteiger partial charge in [0.05, 0.1) is 45.7 Å². The Bertz CT molecular complexity index is 1860. The van der Waals surface area contributed by atoms with E-state index in [9.17, 15) is 57.5 Å². The molecule has 2 saturated heterocycles. The van der Waals surface area contributed by atoms with Crippen LogP contribution < -0.4 is 42.5 Å². The number of amides is 12. The number of nitrogens with zero attached hydrogens (tertiary/aromatic N) is 4. The Morgan fingerprint density at radius 1 is 0.569 bits per heavy atom. The molecular formula is C41H68N12O12. The van der Waals surface area contributed by atoms with Crippen LogP contribution in [0.1, 0.15) is 81.1 Å². The first-order chi connectivity index (χ1) is 30.1. The van der Waals surface area contributed by atoms with E-state index < -0.39 is 151 Å². The summed E-state index contributed by atoms with van der Waals surface area (Å²) < 4.78 is 0. The second kappa shape index (κ2) is 23.5. The number of hydrogen-bond donors (Lipinski definition) is 8. The molecule has 0 radical (unpaired) electrons. The summed E-state index contributed by atoms with van der Waals surface area (Å²) in [6.45, 7) is 9.23. The van der Waals surface area contributed by atoms with Gasteiger partial charge in [-0.15, -0.1) is 0 Å². The summed E-state index contributed by atoms with van der Waals surface area (Å²) in [4.78, 5) is 163.